The molecule has 170 valence electrons. The summed E-state index contributed by atoms with van der Waals surface area (Å²) in [7, 11) is 2.79. The highest BCUT2D eigenvalue weighted by Gasteiger charge is 2.38. The zero-order chi connectivity index (χ0) is 24.6. The maximum Gasteiger partial charge on any atom is 0.274 e. The van der Waals surface area contributed by atoms with Gasteiger partial charge in [0.05, 0.1) is 36.5 Å². The van der Waals surface area contributed by atoms with E-state index in [1.54, 1.807) is 24.3 Å². The zero-order valence-electron chi connectivity index (χ0n) is 18.1. The average molecular weight is 474 g/mol. The van der Waals surface area contributed by atoms with E-state index in [-0.39, 0.29) is 43.6 Å². The molecule has 3 aromatic rings. The fraction of sp³-hybridized carbons (Fsp3) is 0.167. The molecule has 2 atom stereocenters. The first-order valence-electron chi connectivity index (χ1n) is 9.94. The molecule has 1 aliphatic heterocycles. The summed E-state index contributed by atoms with van der Waals surface area (Å²) >= 11 is 1.04. The van der Waals surface area contributed by atoms with Gasteiger partial charge >= 0.3 is 0 Å². The molecule has 0 aliphatic carbocycles. The summed E-state index contributed by atoms with van der Waals surface area (Å²) in [5.41, 5.74) is 0.725. The molecule has 4 rings (SSSR count). The third-order valence-corrected chi connectivity index (χ3v) is 6.67. The van der Waals surface area contributed by atoms with Gasteiger partial charge in [0.15, 0.2) is 23.0 Å². The molecule has 2 heterocycles. The van der Waals surface area contributed by atoms with Crippen LogP contribution >= 0.6 is 11.3 Å². The van der Waals surface area contributed by atoms with Crippen molar-refractivity contribution < 1.29 is 19.7 Å². The van der Waals surface area contributed by atoms with Crippen molar-refractivity contribution in [1.29, 1.82) is 15.9 Å². The Morgan fingerprint density at radius 2 is 1.74 bits per heavy atom. The number of hydrogen-bond acceptors (Lipinski definition) is 9. The molecule has 10 heteroatoms. The number of rotatable bonds is 4. The van der Waals surface area contributed by atoms with Crippen LogP contribution in [0.3, 0.4) is 0 Å². The van der Waals surface area contributed by atoms with Crippen molar-refractivity contribution in [3.8, 4) is 35.1 Å². The van der Waals surface area contributed by atoms with Gasteiger partial charge in [0.25, 0.3) is 5.56 Å². The van der Waals surface area contributed by atoms with Crippen LogP contribution in [0.4, 0.5) is 0 Å². The van der Waals surface area contributed by atoms with E-state index in [9.17, 15) is 25.5 Å². The van der Waals surface area contributed by atoms with Crippen LogP contribution < -0.4 is 24.2 Å². The highest BCUT2D eigenvalue weighted by molar-refractivity contribution is 7.07. The van der Waals surface area contributed by atoms with Crippen LogP contribution in [0, 0.1) is 34.0 Å². The minimum absolute atomic E-state index is 0.0484. The van der Waals surface area contributed by atoms with Gasteiger partial charge in [0.1, 0.15) is 16.4 Å². The second-order valence-electron chi connectivity index (χ2n) is 7.41. The Balaban J connectivity index is 2.00. The fourth-order valence-electron chi connectivity index (χ4n) is 3.91. The number of fused-ring (bicyclic) bond motifs is 1. The Kier molecular flexibility index (Phi) is 5.84. The third kappa shape index (κ3) is 3.56. The van der Waals surface area contributed by atoms with Crippen LogP contribution in [0.25, 0.3) is 11.6 Å². The van der Waals surface area contributed by atoms with Gasteiger partial charge < -0.3 is 19.7 Å². The Bertz CT molecular complexity index is 1590. The molecular formula is C24H18N4O5S. The lowest BCUT2D eigenvalue weighted by molar-refractivity contribution is 0.372. The minimum Gasteiger partial charge on any atom is -0.504 e. The van der Waals surface area contributed by atoms with Crippen LogP contribution in [0.1, 0.15) is 17.0 Å². The van der Waals surface area contributed by atoms with E-state index in [0.717, 1.165) is 15.9 Å². The van der Waals surface area contributed by atoms with Crippen molar-refractivity contribution >= 4 is 28.8 Å². The van der Waals surface area contributed by atoms with E-state index in [1.165, 1.54) is 32.4 Å². The molecule has 0 radical (unpaired) electrons. The largest absolute Gasteiger partial charge is 0.504 e. The Morgan fingerprint density at radius 1 is 1.09 bits per heavy atom. The van der Waals surface area contributed by atoms with Crippen LogP contribution in [0.2, 0.25) is 0 Å². The number of nitriles is 2. The van der Waals surface area contributed by atoms with Gasteiger partial charge in [-0.3, -0.25) is 14.8 Å². The van der Waals surface area contributed by atoms with E-state index < -0.39 is 17.4 Å². The number of methoxy groups -OCH3 is 2. The Hall–Kier alpha value is -4.54. The molecule has 34 heavy (non-hydrogen) atoms. The number of nitrogens with one attached hydrogen (secondary N) is 1. The van der Waals surface area contributed by atoms with Crippen molar-refractivity contribution in [3.63, 3.8) is 0 Å². The van der Waals surface area contributed by atoms with Gasteiger partial charge in [-0.1, -0.05) is 12.1 Å². The number of phenols is 2. The zero-order valence-corrected chi connectivity index (χ0v) is 18.9. The quantitative estimate of drug-likeness (QED) is 0.519. The van der Waals surface area contributed by atoms with E-state index in [1.807, 2.05) is 0 Å². The van der Waals surface area contributed by atoms with Gasteiger partial charge in [-0.15, -0.1) is 11.3 Å². The SMILES string of the molecule is COc1cc(C=c2sc3n(c2=O)C(=N)C(C#N)C(c2ccc(O)c(OC)c2)C=3C#N)ccc1O. The first-order chi connectivity index (χ1) is 16.3. The molecule has 2 unspecified atom stereocenters. The maximum atomic E-state index is 13.2. The van der Waals surface area contributed by atoms with Crippen LogP contribution in [-0.4, -0.2) is 34.8 Å². The van der Waals surface area contributed by atoms with Crippen LogP contribution in [0.5, 0.6) is 23.0 Å². The molecule has 1 aromatic heterocycles. The molecule has 0 saturated heterocycles. The molecular weight excluding hydrogens is 456 g/mol. The summed E-state index contributed by atoms with van der Waals surface area (Å²) in [6, 6.07) is 13.3. The predicted octanol–water partition coefficient (Wildman–Crippen LogP) is 1.60. The fourth-order valence-corrected chi connectivity index (χ4v) is 5.05. The standard InChI is InChI=1S/C24H18N4O5S/c1-32-18-7-12(3-5-16(18)29)8-20-23(31)28-22(27)14(10-25)21(15(11-26)24(28)34-20)13-4-6-17(30)19(9-13)33-2/h3-9,14,21,27,29-30H,1-2H3. The van der Waals surface area contributed by atoms with Crippen molar-refractivity contribution in [2.24, 2.45) is 5.92 Å². The number of aromatic nitrogens is 1. The van der Waals surface area contributed by atoms with E-state index in [0.29, 0.717) is 11.1 Å². The molecule has 3 N–H and O–H groups in total. The van der Waals surface area contributed by atoms with Gasteiger partial charge in [-0.25, -0.2) is 0 Å². The molecule has 9 nitrogen and oxygen atoms in total. The predicted molar refractivity (Wildman–Crippen MR) is 125 cm³/mol. The maximum absolute atomic E-state index is 13.2. The molecule has 2 aromatic carbocycles. The van der Waals surface area contributed by atoms with Gasteiger partial charge in [0.2, 0.25) is 0 Å². The molecule has 0 fully saturated rings. The third-order valence-electron chi connectivity index (χ3n) is 5.56. The molecule has 0 amide bonds. The van der Waals surface area contributed by atoms with Crippen molar-refractivity contribution in [1.82, 2.24) is 4.57 Å². The van der Waals surface area contributed by atoms with E-state index >= 15 is 0 Å². The number of ether oxygens (including phenoxy) is 2. The number of phenolic OH excluding ortho intramolecular Hbond substituents is 2. The van der Waals surface area contributed by atoms with E-state index in [4.69, 9.17) is 14.9 Å². The molecule has 0 spiro atoms. The summed E-state index contributed by atoms with van der Waals surface area (Å²) in [5, 5.41) is 48.3. The number of nitrogens with zero attached hydrogens (tertiary/aromatic N) is 3. The molecule has 0 saturated carbocycles. The number of hydrogen-bond donors (Lipinski definition) is 3. The van der Waals surface area contributed by atoms with Crippen LogP contribution in [-0.2, 0) is 0 Å². The van der Waals surface area contributed by atoms with Crippen molar-refractivity contribution in [3.05, 3.63) is 67.1 Å². The van der Waals surface area contributed by atoms with Crippen molar-refractivity contribution in [2.75, 3.05) is 14.2 Å². The Labute approximate surface area is 197 Å². The molecule has 1 aliphatic rings. The summed E-state index contributed by atoms with van der Waals surface area (Å²) in [6.45, 7) is 0. The van der Waals surface area contributed by atoms with E-state index in [2.05, 4.69) is 12.1 Å². The van der Waals surface area contributed by atoms with Crippen molar-refractivity contribution in [2.45, 2.75) is 5.92 Å². The molecule has 0 bridgehead atoms. The minimum atomic E-state index is -1.11. The number of thiazole rings is 1. The average Bonchev–Trinajstić information content (AvgIpc) is 3.16. The second kappa shape index (κ2) is 8.77. The van der Waals surface area contributed by atoms with Crippen LogP contribution in [0.15, 0.2) is 41.2 Å². The lowest BCUT2D eigenvalue weighted by atomic mass is 9.79. The summed E-state index contributed by atoms with van der Waals surface area (Å²) in [4.78, 5) is 13.2. The van der Waals surface area contributed by atoms with Gasteiger partial charge in [-0.05, 0) is 41.5 Å². The highest BCUT2D eigenvalue weighted by Crippen LogP contribution is 2.38. The van der Waals surface area contributed by atoms with Gasteiger partial charge in [0, 0.05) is 5.92 Å². The topological polar surface area (TPSA) is 152 Å². The summed E-state index contributed by atoms with van der Waals surface area (Å²) in [6.07, 6.45) is 1.57. The normalized spacial score (nSPS) is 17.6. The summed E-state index contributed by atoms with van der Waals surface area (Å²) < 4.78 is 11.9. The number of benzene rings is 2. The first kappa shape index (κ1) is 22.6. The summed E-state index contributed by atoms with van der Waals surface area (Å²) in [5.74, 6) is -1.91. The first-order valence-corrected chi connectivity index (χ1v) is 10.8. The highest BCUT2D eigenvalue weighted by atomic mass is 32.1. The lowest BCUT2D eigenvalue weighted by Crippen LogP contribution is -2.45. The van der Waals surface area contributed by atoms with Gasteiger partial charge in [-0.2, -0.15) is 10.5 Å². The number of aromatic hydroxyl groups is 2. The monoisotopic (exact) mass is 474 g/mol. The smallest absolute Gasteiger partial charge is 0.274 e. The lowest BCUT2D eigenvalue weighted by Gasteiger charge is -2.27. The second-order valence-corrected chi connectivity index (χ2v) is 8.44. The Morgan fingerprint density at radius 3 is 2.35 bits per heavy atom.